The van der Waals surface area contributed by atoms with Gasteiger partial charge in [-0.2, -0.15) is 0 Å². The van der Waals surface area contributed by atoms with Crippen LogP contribution in [0.1, 0.15) is 24.0 Å². The molecule has 7 aromatic rings. The molecule has 1 aliphatic heterocycles. The van der Waals surface area contributed by atoms with Crippen LogP contribution in [0.3, 0.4) is 0 Å². The van der Waals surface area contributed by atoms with E-state index in [1.165, 1.54) is 38.3 Å². The van der Waals surface area contributed by atoms with Crippen molar-refractivity contribution < 1.29 is 0 Å². The number of para-hydroxylation sites is 3. The van der Waals surface area contributed by atoms with E-state index in [9.17, 15) is 0 Å². The predicted molar refractivity (Wildman–Crippen MR) is 212 cm³/mol. The number of benzene rings is 7. The van der Waals surface area contributed by atoms with Gasteiger partial charge in [0.2, 0.25) is 0 Å². The van der Waals surface area contributed by atoms with Gasteiger partial charge in [0.25, 0.3) is 0 Å². The van der Waals surface area contributed by atoms with Crippen molar-refractivity contribution in [1.29, 1.82) is 0 Å². The molecule has 8 rings (SSSR count). The molecule has 0 fully saturated rings. The molecule has 1 heterocycles. The van der Waals surface area contributed by atoms with Crippen LogP contribution < -0.4 is 20.2 Å². The second-order valence-electron chi connectivity index (χ2n) is 13.5. The van der Waals surface area contributed by atoms with E-state index < -0.39 is 8.07 Å². The predicted octanol–water partition coefficient (Wildman–Crippen LogP) is 11.6. The van der Waals surface area contributed by atoms with E-state index in [4.69, 9.17) is 0 Å². The van der Waals surface area contributed by atoms with Crippen LogP contribution in [0.2, 0.25) is 13.1 Å². The molecule has 1 atom stereocenters. The first-order valence-corrected chi connectivity index (χ1v) is 20.2. The molecule has 0 amide bonds. The summed E-state index contributed by atoms with van der Waals surface area (Å²) in [5.74, 6) is 0.250. The molecule has 0 spiro atoms. The molecule has 238 valence electrons. The maximum Gasteiger partial charge on any atom is 0.113 e. The Bertz CT molecular complexity index is 2150. The van der Waals surface area contributed by atoms with E-state index in [0.29, 0.717) is 0 Å². The summed E-state index contributed by atoms with van der Waals surface area (Å²) in [6.45, 7) is 7.27. The van der Waals surface area contributed by atoms with Crippen molar-refractivity contribution in [2.45, 2.75) is 25.9 Å². The van der Waals surface area contributed by atoms with E-state index in [2.05, 4.69) is 212 Å². The first-order valence-electron chi connectivity index (χ1n) is 17.2. The van der Waals surface area contributed by atoms with Crippen molar-refractivity contribution >= 4 is 52.6 Å². The number of rotatable bonds is 8. The lowest BCUT2D eigenvalue weighted by molar-refractivity contribution is 0.922. The van der Waals surface area contributed by atoms with Crippen LogP contribution in [0.5, 0.6) is 0 Å². The minimum absolute atomic E-state index is 0.250. The van der Waals surface area contributed by atoms with Gasteiger partial charge in [-0.05, 0) is 105 Å². The van der Waals surface area contributed by atoms with Gasteiger partial charge in [0.15, 0.2) is 0 Å². The van der Waals surface area contributed by atoms with Gasteiger partial charge in [-0.25, -0.2) is 0 Å². The molecule has 0 radical (unpaired) electrons. The minimum Gasteiger partial charge on any atom is -0.311 e. The van der Waals surface area contributed by atoms with Crippen LogP contribution in [0, 0.1) is 0 Å². The molecule has 0 aromatic heterocycles. The topological polar surface area (TPSA) is 6.48 Å². The van der Waals surface area contributed by atoms with Gasteiger partial charge in [0.1, 0.15) is 8.07 Å². The standard InChI is InChI=1S/C46H40N2Si/c1-34(35-23-27-40(28-24-35)47(37-15-7-4-8-16-37)38-17-9-5-10-18-38)36-25-29-41(30-26-36)48(39-19-11-6-12-20-39)42-31-32-44-43-21-13-14-22-45(43)49(2,3)46(44)33-42/h4-34H,1-3H3. The van der Waals surface area contributed by atoms with Crippen LogP contribution >= 0.6 is 0 Å². The molecule has 0 saturated heterocycles. The third-order valence-electron chi connectivity index (χ3n) is 10.2. The average Bonchev–Trinajstić information content (AvgIpc) is 3.39. The molecule has 3 heteroatoms. The van der Waals surface area contributed by atoms with Gasteiger partial charge in [0.05, 0.1) is 0 Å². The molecular weight excluding hydrogens is 609 g/mol. The van der Waals surface area contributed by atoms with E-state index in [1.807, 2.05) is 0 Å². The fourth-order valence-electron chi connectivity index (χ4n) is 7.47. The highest BCUT2D eigenvalue weighted by atomic mass is 28.3. The Morgan fingerprint density at radius 2 is 0.735 bits per heavy atom. The van der Waals surface area contributed by atoms with Gasteiger partial charge in [-0.1, -0.05) is 129 Å². The number of anilines is 6. The van der Waals surface area contributed by atoms with Gasteiger partial charge in [0, 0.05) is 40.0 Å². The molecule has 1 aliphatic rings. The smallest absolute Gasteiger partial charge is 0.113 e. The summed E-state index contributed by atoms with van der Waals surface area (Å²) >= 11 is 0. The summed E-state index contributed by atoms with van der Waals surface area (Å²) in [5, 5.41) is 3.05. The van der Waals surface area contributed by atoms with Gasteiger partial charge < -0.3 is 9.80 Å². The lowest BCUT2D eigenvalue weighted by Crippen LogP contribution is -2.49. The molecule has 0 aliphatic carbocycles. The maximum absolute atomic E-state index is 2.48. The highest BCUT2D eigenvalue weighted by Crippen LogP contribution is 2.39. The quantitative estimate of drug-likeness (QED) is 0.151. The third kappa shape index (κ3) is 5.66. The summed E-state index contributed by atoms with van der Waals surface area (Å²) < 4.78 is 0. The first kappa shape index (κ1) is 30.7. The van der Waals surface area contributed by atoms with E-state index in [0.717, 1.165) is 28.4 Å². The zero-order valence-electron chi connectivity index (χ0n) is 28.3. The summed E-state index contributed by atoms with van der Waals surface area (Å²) in [6, 6.07) is 66.2. The Hall–Kier alpha value is -5.64. The van der Waals surface area contributed by atoms with Crippen LogP contribution in [0.4, 0.5) is 34.1 Å². The van der Waals surface area contributed by atoms with Crippen LogP contribution in [0.15, 0.2) is 182 Å². The Labute approximate surface area is 291 Å². The molecule has 7 aromatic carbocycles. The van der Waals surface area contributed by atoms with E-state index in [1.54, 1.807) is 0 Å². The van der Waals surface area contributed by atoms with Crippen molar-refractivity contribution in [3.8, 4) is 11.1 Å². The maximum atomic E-state index is 2.48. The SMILES string of the molecule is CC(c1ccc(N(c2ccccc2)c2ccccc2)cc1)c1ccc(N(c2ccccc2)c2ccc3c(c2)[Si](C)(C)c2ccccc2-3)cc1. The van der Waals surface area contributed by atoms with Gasteiger partial charge in [-0.3, -0.25) is 0 Å². The summed E-state index contributed by atoms with van der Waals surface area (Å²) in [7, 11) is -1.80. The lowest BCUT2D eigenvalue weighted by Gasteiger charge is -2.28. The second-order valence-corrected chi connectivity index (χ2v) is 17.8. The van der Waals surface area contributed by atoms with Crippen LogP contribution in [-0.2, 0) is 0 Å². The normalized spacial score (nSPS) is 13.3. The van der Waals surface area contributed by atoms with Crippen molar-refractivity contribution in [1.82, 2.24) is 0 Å². The van der Waals surface area contributed by atoms with Gasteiger partial charge in [-0.15, -0.1) is 0 Å². The molecule has 0 saturated carbocycles. The number of fused-ring (bicyclic) bond motifs is 3. The van der Waals surface area contributed by atoms with Crippen molar-refractivity contribution in [2.24, 2.45) is 0 Å². The third-order valence-corrected chi connectivity index (χ3v) is 13.7. The lowest BCUT2D eigenvalue weighted by atomic mass is 9.92. The molecule has 0 bridgehead atoms. The average molecular weight is 649 g/mol. The van der Waals surface area contributed by atoms with Crippen molar-refractivity contribution in [2.75, 3.05) is 9.80 Å². The fourth-order valence-corrected chi connectivity index (χ4v) is 10.6. The van der Waals surface area contributed by atoms with Crippen LogP contribution in [-0.4, -0.2) is 8.07 Å². The van der Waals surface area contributed by atoms with Gasteiger partial charge >= 0.3 is 0 Å². The fraction of sp³-hybridized carbons (Fsp3) is 0.0870. The van der Waals surface area contributed by atoms with E-state index in [-0.39, 0.29) is 5.92 Å². The number of hydrogen-bond acceptors (Lipinski definition) is 2. The molecule has 1 unspecified atom stereocenters. The minimum atomic E-state index is -1.80. The molecular formula is C46H40N2Si. The summed E-state index contributed by atoms with van der Waals surface area (Å²) in [5.41, 5.74) is 12.4. The number of hydrogen-bond donors (Lipinski definition) is 0. The van der Waals surface area contributed by atoms with Crippen molar-refractivity contribution in [3.05, 3.63) is 193 Å². The summed E-state index contributed by atoms with van der Waals surface area (Å²) in [6.07, 6.45) is 0. The Kier molecular flexibility index (Phi) is 7.99. The molecule has 2 nitrogen and oxygen atoms in total. The van der Waals surface area contributed by atoms with Crippen molar-refractivity contribution in [3.63, 3.8) is 0 Å². The Balaban J connectivity index is 1.10. The molecule has 0 N–H and O–H groups in total. The first-order chi connectivity index (χ1) is 24.0. The second kappa shape index (κ2) is 12.8. The molecule has 49 heavy (non-hydrogen) atoms. The largest absolute Gasteiger partial charge is 0.311 e. The van der Waals surface area contributed by atoms with E-state index >= 15 is 0 Å². The van der Waals surface area contributed by atoms with Crippen LogP contribution in [0.25, 0.3) is 11.1 Å². The Morgan fingerprint density at radius 1 is 0.367 bits per heavy atom. The highest BCUT2D eigenvalue weighted by molar-refractivity contribution is 7.03. The zero-order valence-corrected chi connectivity index (χ0v) is 29.3. The Morgan fingerprint density at radius 3 is 1.22 bits per heavy atom. The zero-order chi connectivity index (χ0) is 33.4. The highest BCUT2D eigenvalue weighted by Gasteiger charge is 2.37. The number of nitrogens with zero attached hydrogens (tertiary/aromatic N) is 2. The summed E-state index contributed by atoms with van der Waals surface area (Å²) in [4.78, 5) is 4.71. The monoisotopic (exact) mass is 648 g/mol.